The first-order chi connectivity index (χ1) is 15.3. The molecule has 4 rings (SSSR count). The summed E-state index contributed by atoms with van der Waals surface area (Å²) in [4.78, 5) is 27.2. The third-order valence-electron chi connectivity index (χ3n) is 5.54. The summed E-state index contributed by atoms with van der Waals surface area (Å²) in [6, 6.07) is 13.9. The van der Waals surface area contributed by atoms with Crippen molar-refractivity contribution in [3.63, 3.8) is 0 Å². The molecule has 32 heavy (non-hydrogen) atoms. The Labute approximate surface area is 195 Å². The van der Waals surface area contributed by atoms with E-state index >= 15 is 0 Å². The summed E-state index contributed by atoms with van der Waals surface area (Å²) in [6.07, 6.45) is 0.480. The SMILES string of the molecule is Cc1ccc(N2N=C(C(=O)N3CCN(S(=O)(=O)c4ccc(Br)cc4)CC3)CCC2=O)cc1. The predicted molar refractivity (Wildman–Crippen MR) is 125 cm³/mol. The average Bonchev–Trinajstić information content (AvgIpc) is 2.80. The van der Waals surface area contributed by atoms with Gasteiger partial charge in [-0.3, -0.25) is 9.59 Å². The number of hydrogen-bond acceptors (Lipinski definition) is 5. The topological polar surface area (TPSA) is 90.4 Å². The maximum Gasteiger partial charge on any atom is 0.270 e. The second kappa shape index (κ2) is 9.13. The van der Waals surface area contributed by atoms with Gasteiger partial charge in [0.15, 0.2) is 0 Å². The van der Waals surface area contributed by atoms with Gasteiger partial charge in [0.1, 0.15) is 5.71 Å². The fourth-order valence-corrected chi connectivity index (χ4v) is 5.35. The summed E-state index contributed by atoms with van der Waals surface area (Å²) in [5, 5.41) is 5.62. The molecule has 10 heteroatoms. The van der Waals surface area contributed by atoms with Gasteiger partial charge in [-0.2, -0.15) is 9.41 Å². The number of amides is 2. The standard InChI is InChI=1S/C22H23BrN4O4S/c1-16-2-6-18(7-3-16)27-21(28)11-10-20(24-27)22(29)25-12-14-26(15-13-25)32(30,31)19-8-4-17(23)5-9-19/h2-9H,10-15H2,1H3. The Bertz CT molecular complexity index is 1160. The van der Waals surface area contributed by atoms with Gasteiger partial charge in [-0.15, -0.1) is 0 Å². The Balaban J connectivity index is 1.45. The first-order valence-corrected chi connectivity index (χ1v) is 12.5. The number of piperazine rings is 1. The van der Waals surface area contributed by atoms with Gasteiger partial charge in [0.05, 0.1) is 10.6 Å². The van der Waals surface area contributed by atoms with Crippen LogP contribution >= 0.6 is 15.9 Å². The minimum Gasteiger partial charge on any atom is -0.335 e. The zero-order valence-corrected chi connectivity index (χ0v) is 20.0. The Morgan fingerprint density at radius 1 is 0.938 bits per heavy atom. The van der Waals surface area contributed by atoms with E-state index in [1.165, 1.54) is 9.31 Å². The highest BCUT2D eigenvalue weighted by atomic mass is 79.9. The van der Waals surface area contributed by atoms with Crippen LogP contribution in [0.15, 0.2) is 63.0 Å². The highest BCUT2D eigenvalue weighted by Crippen LogP contribution is 2.23. The lowest BCUT2D eigenvalue weighted by Gasteiger charge is -2.35. The number of hydrogen-bond donors (Lipinski definition) is 0. The van der Waals surface area contributed by atoms with Crippen molar-refractivity contribution in [3.05, 3.63) is 58.6 Å². The van der Waals surface area contributed by atoms with Crippen molar-refractivity contribution < 1.29 is 18.0 Å². The van der Waals surface area contributed by atoms with E-state index in [4.69, 9.17) is 0 Å². The van der Waals surface area contributed by atoms with Gasteiger partial charge in [0.25, 0.3) is 5.91 Å². The monoisotopic (exact) mass is 518 g/mol. The molecule has 168 valence electrons. The first-order valence-electron chi connectivity index (χ1n) is 10.3. The molecule has 0 N–H and O–H groups in total. The highest BCUT2D eigenvalue weighted by molar-refractivity contribution is 9.10. The van der Waals surface area contributed by atoms with Crippen LogP contribution < -0.4 is 5.01 Å². The average molecular weight is 519 g/mol. The lowest BCUT2D eigenvalue weighted by atomic mass is 10.1. The lowest BCUT2D eigenvalue weighted by molar-refractivity contribution is -0.125. The summed E-state index contributed by atoms with van der Waals surface area (Å²) in [5.41, 5.74) is 2.00. The maximum absolute atomic E-state index is 13.0. The third-order valence-corrected chi connectivity index (χ3v) is 7.98. The summed E-state index contributed by atoms with van der Waals surface area (Å²) in [6.45, 7) is 2.91. The van der Waals surface area contributed by atoms with Crippen molar-refractivity contribution in [2.45, 2.75) is 24.7 Å². The molecule has 0 saturated carbocycles. The van der Waals surface area contributed by atoms with Crippen LogP contribution in [0.1, 0.15) is 18.4 Å². The van der Waals surface area contributed by atoms with E-state index in [0.717, 1.165) is 10.0 Å². The van der Waals surface area contributed by atoms with Crippen molar-refractivity contribution in [1.82, 2.24) is 9.21 Å². The maximum atomic E-state index is 13.0. The molecule has 0 aliphatic carbocycles. The van der Waals surface area contributed by atoms with Gasteiger partial charge >= 0.3 is 0 Å². The summed E-state index contributed by atoms with van der Waals surface area (Å²) < 4.78 is 27.9. The number of halogens is 1. The number of sulfonamides is 1. The van der Waals surface area contributed by atoms with Gasteiger partial charge in [-0.1, -0.05) is 33.6 Å². The van der Waals surface area contributed by atoms with Crippen LogP contribution in [-0.2, 0) is 19.6 Å². The van der Waals surface area contributed by atoms with E-state index in [0.29, 0.717) is 11.4 Å². The number of nitrogens with zero attached hydrogens (tertiary/aromatic N) is 4. The molecule has 2 aliphatic rings. The van der Waals surface area contributed by atoms with Crippen molar-refractivity contribution in [2.75, 3.05) is 31.2 Å². The van der Waals surface area contributed by atoms with Crippen molar-refractivity contribution in [1.29, 1.82) is 0 Å². The van der Waals surface area contributed by atoms with E-state index in [2.05, 4.69) is 21.0 Å². The van der Waals surface area contributed by atoms with Gasteiger partial charge in [-0.05, 0) is 43.3 Å². The molecule has 0 unspecified atom stereocenters. The number of aryl methyl sites for hydroxylation is 1. The summed E-state index contributed by atoms with van der Waals surface area (Å²) >= 11 is 3.31. The molecule has 0 atom stereocenters. The molecule has 2 amide bonds. The smallest absolute Gasteiger partial charge is 0.270 e. The van der Waals surface area contributed by atoms with Crippen LogP contribution in [0.2, 0.25) is 0 Å². The number of hydrazone groups is 1. The van der Waals surface area contributed by atoms with Crippen LogP contribution in [0.25, 0.3) is 0 Å². The minimum absolute atomic E-state index is 0.157. The van der Waals surface area contributed by atoms with Crippen molar-refractivity contribution >= 4 is 49.2 Å². The second-order valence-corrected chi connectivity index (χ2v) is 10.6. The van der Waals surface area contributed by atoms with Crippen LogP contribution in [0.5, 0.6) is 0 Å². The zero-order valence-electron chi connectivity index (χ0n) is 17.6. The quantitative estimate of drug-likeness (QED) is 0.622. The molecule has 2 aromatic carbocycles. The molecule has 0 radical (unpaired) electrons. The molecule has 0 bridgehead atoms. The normalized spacial score (nSPS) is 17.9. The number of anilines is 1. The van der Waals surface area contributed by atoms with Crippen LogP contribution in [0, 0.1) is 6.92 Å². The largest absolute Gasteiger partial charge is 0.335 e. The van der Waals surface area contributed by atoms with Crippen LogP contribution in [0.4, 0.5) is 5.69 Å². The third kappa shape index (κ3) is 4.62. The van der Waals surface area contributed by atoms with Gasteiger partial charge < -0.3 is 4.90 Å². The zero-order chi connectivity index (χ0) is 22.9. The molecule has 2 aliphatic heterocycles. The molecule has 8 nitrogen and oxygen atoms in total. The Morgan fingerprint density at radius 2 is 1.56 bits per heavy atom. The van der Waals surface area contributed by atoms with Crippen LogP contribution in [0.3, 0.4) is 0 Å². The van der Waals surface area contributed by atoms with E-state index in [1.54, 1.807) is 41.3 Å². The number of rotatable bonds is 4. The fraction of sp³-hybridized carbons (Fsp3) is 0.318. The lowest BCUT2D eigenvalue weighted by Crippen LogP contribution is -2.52. The van der Waals surface area contributed by atoms with E-state index in [1.807, 2.05) is 19.1 Å². The van der Waals surface area contributed by atoms with E-state index in [9.17, 15) is 18.0 Å². The minimum atomic E-state index is -3.62. The van der Waals surface area contributed by atoms with E-state index in [-0.39, 0.29) is 55.7 Å². The van der Waals surface area contributed by atoms with Gasteiger partial charge in [-0.25, -0.2) is 13.4 Å². The highest BCUT2D eigenvalue weighted by Gasteiger charge is 2.33. The number of benzene rings is 2. The molecular weight excluding hydrogens is 496 g/mol. The van der Waals surface area contributed by atoms with Crippen molar-refractivity contribution in [2.24, 2.45) is 5.10 Å². The second-order valence-electron chi connectivity index (χ2n) is 7.74. The fourth-order valence-electron chi connectivity index (χ4n) is 3.66. The molecular formula is C22H23BrN4O4S. The summed E-state index contributed by atoms with van der Waals surface area (Å²) in [7, 11) is -3.62. The number of carbonyl (C=O) groups excluding carboxylic acids is 2. The molecule has 0 aromatic heterocycles. The van der Waals surface area contributed by atoms with Gasteiger partial charge in [0.2, 0.25) is 15.9 Å². The van der Waals surface area contributed by atoms with Crippen LogP contribution in [-0.4, -0.2) is 61.3 Å². The summed E-state index contributed by atoms with van der Waals surface area (Å²) in [5.74, 6) is -0.411. The predicted octanol–water partition coefficient (Wildman–Crippen LogP) is 2.77. The first kappa shape index (κ1) is 22.6. The molecule has 1 fully saturated rings. The molecule has 2 aromatic rings. The molecule has 2 heterocycles. The molecule has 1 saturated heterocycles. The van der Waals surface area contributed by atoms with Gasteiger partial charge in [0, 0.05) is 43.5 Å². The van der Waals surface area contributed by atoms with E-state index < -0.39 is 10.0 Å². The molecule has 0 spiro atoms. The number of carbonyl (C=O) groups is 2. The van der Waals surface area contributed by atoms with Crippen molar-refractivity contribution in [3.8, 4) is 0 Å². The Hall–Kier alpha value is -2.56. The Morgan fingerprint density at radius 3 is 2.19 bits per heavy atom. The Kier molecular flexibility index (Phi) is 6.45.